The van der Waals surface area contributed by atoms with Gasteiger partial charge in [-0.05, 0) is 18.8 Å². The maximum absolute atomic E-state index is 9.12. The molecule has 14 heavy (non-hydrogen) atoms. The van der Waals surface area contributed by atoms with Gasteiger partial charge in [-0.15, -0.1) is 0 Å². The van der Waals surface area contributed by atoms with Gasteiger partial charge in [-0.25, -0.2) is 0 Å². The molecule has 1 saturated heterocycles. The molecule has 0 amide bonds. The topological polar surface area (TPSA) is 42.2 Å². The number of nitrogens with zero attached hydrogens (tertiary/aromatic N) is 1. The van der Waals surface area contributed by atoms with Crippen LogP contribution in [0.2, 0.25) is 0 Å². The van der Waals surface area contributed by atoms with Crippen LogP contribution in [0, 0.1) is 22.7 Å². The second-order valence-electron chi connectivity index (χ2n) is 4.41. The summed E-state index contributed by atoms with van der Waals surface area (Å²) in [7, 11) is 0. The Morgan fingerprint density at radius 3 is 2.57 bits per heavy atom. The Labute approximate surface area is 86.0 Å². The summed E-state index contributed by atoms with van der Waals surface area (Å²) in [5.74, 6) is 0.533. The average Bonchev–Trinajstić information content (AvgIpc) is 2.19. The van der Waals surface area contributed by atoms with Crippen LogP contribution in [0.15, 0.2) is 0 Å². The summed E-state index contributed by atoms with van der Waals surface area (Å²) in [6.45, 7) is 6.92. The zero-order valence-electron chi connectivity index (χ0n) is 9.08. The molecule has 80 valence electrons. The van der Waals surface area contributed by atoms with E-state index < -0.39 is 0 Å². The summed E-state index contributed by atoms with van der Waals surface area (Å²) in [6, 6.07) is 2.39. The van der Waals surface area contributed by atoms with Crippen molar-refractivity contribution in [1.29, 1.82) is 5.26 Å². The van der Waals surface area contributed by atoms with Gasteiger partial charge in [0.1, 0.15) is 0 Å². The van der Waals surface area contributed by atoms with Crippen LogP contribution in [0.25, 0.3) is 0 Å². The van der Waals surface area contributed by atoms with Crippen molar-refractivity contribution in [2.45, 2.75) is 26.7 Å². The smallest absolute Gasteiger partial charge is 0.0850 e. The van der Waals surface area contributed by atoms with Crippen LogP contribution in [-0.2, 0) is 9.47 Å². The van der Waals surface area contributed by atoms with E-state index in [1.165, 1.54) is 0 Å². The highest BCUT2D eigenvalue weighted by molar-refractivity contribution is 5.00. The van der Waals surface area contributed by atoms with Crippen molar-refractivity contribution in [2.75, 3.05) is 26.4 Å². The van der Waals surface area contributed by atoms with E-state index in [0.29, 0.717) is 25.7 Å². The van der Waals surface area contributed by atoms with Gasteiger partial charge in [0.25, 0.3) is 0 Å². The molecule has 0 spiro atoms. The van der Waals surface area contributed by atoms with Crippen molar-refractivity contribution in [2.24, 2.45) is 11.3 Å². The predicted molar refractivity (Wildman–Crippen MR) is 53.8 cm³/mol. The van der Waals surface area contributed by atoms with Crippen LogP contribution >= 0.6 is 0 Å². The van der Waals surface area contributed by atoms with Gasteiger partial charge in [0.15, 0.2) is 0 Å². The zero-order chi connectivity index (χ0) is 10.4. The molecule has 0 aromatic heterocycles. The lowest BCUT2D eigenvalue weighted by molar-refractivity contribution is -0.0166. The van der Waals surface area contributed by atoms with E-state index in [2.05, 4.69) is 19.9 Å². The fourth-order valence-corrected chi connectivity index (χ4v) is 1.54. The lowest BCUT2D eigenvalue weighted by atomic mass is 9.83. The Bertz CT molecular complexity index is 202. The molecular weight excluding hydrogens is 178 g/mol. The van der Waals surface area contributed by atoms with Crippen molar-refractivity contribution >= 4 is 0 Å². The lowest BCUT2D eigenvalue weighted by Crippen LogP contribution is -2.33. The van der Waals surface area contributed by atoms with Crippen molar-refractivity contribution in [3.05, 3.63) is 0 Å². The average molecular weight is 197 g/mol. The van der Waals surface area contributed by atoms with Crippen molar-refractivity contribution in [3.63, 3.8) is 0 Å². The van der Waals surface area contributed by atoms with Crippen LogP contribution in [0.3, 0.4) is 0 Å². The third-order valence-electron chi connectivity index (χ3n) is 2.52. The van der Waals surface area contributed by atoms with Gasteiger partial charge in [-0.3, -0.25) is 0 Å². The highest BCUT2D eigenvalue weighted by Gasteiger charge is 2.32. The summed E-state index contributed by atoms with van der Waals surface area (Å²) in [6.07, 6.45) is 1.61. The molecule has 1 aliphatic heterocycles. The standard InChI is InChI=1S/C11H19NO2/c1-10(2)7-14-9-11(8-12)3-5-13-6-4-11/h10H,3-7,9H2,1-2H3. The number of nitriles is 1. The summed E-state index contributed by atoms with van der Waals surface area (Å²) < 4.78 is 10.8. The van der Waals surface area contributed by atoms with Crippen LogP contribution in [0.4, 0.5) is 0 Å². The fourth-order valence-electron chi connectivity index (χ4n) is 1.54. The summed E-state index contributed by atoms with van der Waals surface area (Å²) in [4.78, 5) is 0. The van der Waals surface area contributed by atoms with E-state index in [-0.39, 0.29) is 5.41 Å². The molecule has 0 aromatic rings. The highest BCUT2D eigenvalue weighted by Crippen LogP contribution is 2.29. The number of hydrogen-bond acceptors (Lipinski definition) is 3. The first kappa shape index (κ1) is 11.5. The Balaban J connectivity index is 2.34. The SMILES string of the molecule is CC(C)COCC1(C#N)CCOCC1. The monoisotopic (exact) mass is 197 g/mol. The first-order chi connectivity index (χ1) is 6.68. The van der Waals surface area contributed by atoms with Crippen molar-refractivity contribution in [3.8, 4) is 6.07 Å². The minimum absolute atomic E-state index is 0.285. The van der Waals surface area contributed by atoms with E-state index in [1.807, 2.05) is 0 Å². The molecule has 0 aliphatic carbocycles. The van der Waals surface area contributed by atoms with Crippen LogP contribution < -0.4 is 0 Å². The van der Waals surface area contributed by atoms with E-state index in [0.717, 1.165) is 19.4 Å². The molecule has 3 nitrogen and oxygen atoms in total. The van der Waals surface area contributed by atoms with Gasteiger partial charge in [0, 0.05) is 19.8 Å². The molecule has 1 heterocycles. The molecule has 0 N–H and O–H groups in total. The molecule has 3 heteroatoms. The first-order valence-corrected chi connectivity index (χ1v) is 5.25. The molecular formula is C11H19NO2. The number of ether oxygens (including phenoxy) is 2. The van der Waals surface area contributed by atoms with E-state index >= 15 is 0 Å². The van der Waals surface area contributed by atoms with Gasteiger partial charge in [-0.2, -0.15) is 5.26 Å². The Morgan fingerprint density at radius 1 is 1.43 bits per heavy atom. The minimum Gasteiger partial charge on any atom is -0.381 e. The largest absolute Gasteiger partial charge is 0.381 e. The Morgan fingerprint density at radius 2 is 2.07 bits per heavy atom. The van der Waals surface area contributed by atoms with Crippen LogP contribution in [0.1, 0.15) is 26.7 Å². The van der Waals surface area contributed by atoms with E-state index in [1.54, 1.807) is 0 Å². The minimum atomic E-state index is -0.285. The predicted octanol–water partition coefficient (Wildman–Crippen LogP) is 1.98. The molecule has 0 aromatic carbocycles. The molecule has 1 fully saturated rings. The molecule has 0 radical (unpaired) electrons. The Hall–Kier alpha value is -0.590. The van der Waals surface area contributed by atoms with Crippen molar-refractivity contribution in [1.82, 2.24) is 0 Å². The molecule has 0 bridgehead atoms. The van der Waals surface area contributed by atoms with Crippen LogP contribution in [0.5, 0.6) is 0 Å². The third-order valence-corrected chi connectivity index (χ3v) is 2.52. The Kier molecular flexibility index (Phi) is 4.37. The fraction of sp³-hybridized carbons (Fsp3) is 0.909. The normalized spacial score (nSPS) is 20.7. The van der Waals surface area contributed by atoms with E-state index in [9.17, 15) is 0 Å². The second kappa shape index (κ2) is 5.33. The highest BCUT2D eigenvalue weighted by atomic mass is 16.5. The van der Waals surface area contributed by atoms with Gasteiger partial charge in [0.05, 0.1) is 18.1 Å². The molecule has 0 unspecified atom stereocenters. The number of rotatable bonds is 4. The van der Waals surface area contributed by atoms with Gasteiger partial charge in [0.2, 0.25) is 0 Å². The summed E-state index contributed by atoms with van der Waals surface area (Å²) in [5.41, 5.74) is -0.285. The summed E-state index contributed by atoms with van der Waals surface area (Å²) >= 11 is 0. The third kappa shape index (κ3) is 3.28. The molecule has 0 saturated carbocycles. The maximum Gasteiger partial charge on any atom is 0.0850 e. The molecule has 1 rings (SSSR count). The lowest BCUT2D eigenvalue weighted by Gasteiger charge is -2.30. The maximum atomic E-state index is 9.12. The summed E-state index contributed by atoms with van der Waals surface area (Å²) in [5, 5.41) is 9.12. The molecule has 0 atom stereocenters. The second-order valence-corrected chi connectivity index (χ2v) is 4.41. The molecule has 1 aliphatic rings. The van der Waals surface area contributed by atoms with E-state index in [4.69, 9.17) is 14.7 Å². The quantitative estimate of drug-likeness (QED) is 0.692. The van der Waals surface area contributed by atoms with Gasteiger partial charge >= 0.3 is 0 Å². The van der Waals surface area contributed by atoms with Gasteiger partial charge < -0.3 is 9.47 Å². The number of hydrogen-bond donors (Lipinski definition) is 0. The van der Waals surface area contributed by atoms with Crippen molar-refractivity contribution < 1.29 is 9.47 Å². The van der Waals surface area contributed by atoms with Gasteiger partial charge in [-0.1, -0.05) is 13.8 Å². The first-order valence-electron chi connectivity index (χ1n) is 5.25. The zero-order valence-corrected chi connectivity index (χ0v) is 9.08. The van der Waals surface area contributed by atoms with Crippen LogP contribution in [-0.4, -0.2) is 26.4 Å².